The number of amides is 2. The lowest BCUT2D eigenvalue weighted by Gasteiger charge is -2.31. The summed E-state index contributed by atoms with van der Waals surface area (Å²) in [5.41, 5.74) is 5.48. The van der Waals surface area contributed by atoms with Crippen LogP contribution in [0.5, 0.6) is 0 Å². The predicted octanol–water partition coefficient (Wildman–Crippen LogP) is -1.12. The molecule has 0 saturated carbocycles. The van der Waals surface area contributed by atoms with Gasteiger partial charge in [0.15, 0.2) is 0 Å². The number of hydrogen-bond acceptors (Lipinski definition) is 4. The van der Waals surface area contributed by atoms with E-state index in [-0.39, 0.29) is 23.7 Å². The van der Waals surface area contributed by atoms with Crippen molar-refractivity contribution in [3.8, 4) is 0 Å². The summed E-state index contributed by atoms with van der Waals surface area (Å²) in [6.07, 6.45) is 0.791. The highest BCUT2D eigenvalue weighted by molar-refractivity contribution is 6.05. The molecule has 2 heterocycles. The highest BCUT2D eigenvalue weighted by atomic mass is 16.2. The first-order chi connectivity index (χ1) is 7.15. The largest absolute Gasteiger partial charge is 0.329 e. The maximum Gasteiger partial charge on any atom is 0.234 e. The van der Waals surface area contributed by atoms with Gasteiger partial charge in [-0.25, -0.2) is 0 Å². The Morgan fingerprint density at radius 3 is 2.67 bits per heavy atom. The number of likely N-dealkylation sites (tertiary alicyclic amines) is 2. The Morgan fingerprint density at radius 2 is 2.00 bits per heavy atom. The number of hydrogen-bond donors (Lipinski definition) is 1. The summed E-state index contributed by atoms with van der Waals surface area (Å²) in [7, 11) is 1.58. The minimum absolute atomic E-state index is 0.00241. The number of nitrogens with zero attached hydrogens (tertiary/aromatic N) is 2. The van der Waals surface area contributed by atoms with Crippen LogP contribution >= 0.6 is 0 Å². The third-order valence-corrected chi connectivity index (χ3v) is 3.44. The smallest absolute Gasteiger partial charge is 0.234 e. The van der Waals surface area contributed by atoms with Crippen LogP contribution in [0.25, 0.3) is 0 Å². The van der Waals surface area contributed by atoms with Gasteiger partial charge in [0.25, 0.3) is 0 Å². The Balaban J connectivity index is 2.08. The van der Waals surface area contributed by atoms with Gasteiger partial charge < -0.3 is 10.6 Å². The van der Waals surface area contributed by atoms with Crippen LogP contribution in [0.3, 0.4) is 0 Å². The highest BCUT2D eigenvalue weighted by Crippen LogP contribution is 2.32. The summed E-state index contributed by atoms with van der Waals surface area (Å²) in [5, 5.41) is 0. The number of rotatable bonds is 2. The van der Waals surface area contributed by atoms with Gasteiger partial charge in [0, 0.05) is 26.7 Å². The Hall–Kier alpha value is -0.940. The van der Waals surface area contributed by atoms with Crippen LogP contribution in [0, 0.1) is 11.8 Å². The molecule has 2 N–H and O–H groups in total. The lowest BCUT2D eigenvalue weighted by atomic mass is 9.88. The van der Waals surface area contributed by atoms with E-state index in [1.807, 2.05) is 0 Å². The van der Waals surface area contributed by atoms with Crippen LogP contribution in [0.15, 0.2) is 0 Å². The molecule has 0 aromatic heterocycles. The molecule has 2 rings (SSSR count). The van der Waals surface area contributed by atoms with Crippen molar-refractivity contribution in [1.82, 2.24) is 9.80 Å². The maximum absolute atomic E-state index is 11.7. The molecule has 2 fully saturated rings. The van der Waals surface area contributed by atoms with E-state index in [2.05, 4.69) is 4.90 Å². The Morgan fingerprint density at radius 1 is 1.33 bits per heavy atom. The van der Waals surface area contributed by atoms with Crippen molar-refractivity contribution in [2.45, 2.75) is 6.42 Å². The van der Waals surface area contributed by atoms with Crippen molar-refractivity contribution in [1.29, 1.82) is 0 Å². The van der Waals surface area contributed by atoms with E-state index in [1.165, 1.54) is 4.90 Å². The molecule has 0 aliphatic carbocycles. The van der Waals surface area contributed by atoms with Gasteiger partial charge in [-0.3, -0.25) is 14.5 Å². The van der Waals surface area contributed by atoms with Gasteiger partial charge in [0.1, 0.15) is 0 Å². The number of fused-ring (bicyclic) bond motifs is 1. The molecule has 2 atom stereocenters. The van der Waals surface area contributed by atoms with E-state index in [0.29, 0.717) is 13.1 Å². The number of carbonyl (C=O) groups is 2. The quantitative estimate of drug-likeness (QED) is 0.588. The van der Waals surface area contributed by atoms with Crippen molar-refractivity contribution in [2.75, 3.05) is 33.2 Å². The van der Waals surface area contributed by atoms with Gasteiger partial charge in [-0.1, -0.05) is 0 Å². The third kappa shape index (κ3) is 1.66. The number of nitrogens with two attached hydrogens (primary N) is 1. The van der Waals surface area contributed by atoms with Crippen LogP contribution in [-0.4, -0.2) is 54.8 Å². The first kappa shape index (κ1) is 10.6. The summed E-state index contributed by atoms with van der Waals surface area (Å²) in [6, 6.07) is 0. The minimum Gasteiger partial charge on any atom is -0.329 e. The molecule has 5 heteroatoms. The monoisotopic (exact) mass is 211 g/mol. The topological polar surface area (TPSA) is 66.6 Å². The van der Waals surface area contributed by atoms with Gasteiger partial charge in [-0.05, 0) is 13.0 Å². The fourth-order valence-corrected chi connectivity index (χ4v) is 2.56. The second-order valence-corrected chi connectivity index (χ2v) is 4.33. The molecule has 0 aromatic carbocycles. The van der Waals surface area contributed by atoms with E-state index in [1.54, 1.807) is 7.05 Å². The van der Waals surface area contributed by atoms with E-state index in [0.717, 1.165) is 19.5 Å². The first-order valence-corrected chi connectivity index (χ1v) is 5.39. The molecule has 2 aliphatic rings. The van der Waals surface area contributed by atoms with Crippen LogP contribution in [0.4, 0.5) is 0 Å². The molecule has 0 spiro atoms. The van der Waals surface area contributed by atoms with E-state index in [9.17, 15) is 9.59 Å². The first-order valence-electron chi connectivity index (χ1n) is 5.39. The molecule has 84 valence electrons. The van der Waals surface area contributed by atoms with Crippen molar-refractivity contribution in [3.05, 3.63) is 0 Å². The number of carbonyl (C=O) groups excluding carboxylic acids is 2. The van der Waals surface area contributed by atoms with Gasteiger partial charge in [-0.2, -0.15) is 0 Å². The lowest BCUT2D eigenvalue weighted by Crippen LogP contribution is -2.43. The van der Waals surface area contributed by atoms with Gasteiger partial charge in [0.05, 0.1) is 11.8 Å². The summed E-state index contributed by atoms with van der Waals surface area (Å²) < 4.78 is 0. The summed E-state index contributed by atoms with van der Waals surface area (Å²) in [5.74, 6) is -0.219. The van der Waals surface area contributed by atoms with Gasteiger partial charge >= 0.3 is 0 Å². The fourth-order valence-electron chi connectivity index (χ4n) is 2.56. The normalized spacial score (nSPS) is 32.3. The Bertz CT molecular complexity index is 292. The summed E-state index contributed by atoms with van der Waals surface area (Å²) in [4.78, 5) is 26.9. The minimum atomic E-state index is -0.122. The molecule has 0 bridgehead atoms. The van der Waals surface area contributed by atoms with Crippen molar-refractivity contribution in [2.24, 2.45) is 17.6 Å². The summed E-state index contributed by atoms with van der Waals surface area (Å²) >= 11 is 0. The summed E-state index contributed by atoms with van der Waals surface area (Å²) in [6.45, 7) is 2.99. The highest BCUT2D eigenvalue weighted by Gasteiger charge is 2.47. The van der Waals surface area contributed by atoms with Crippen molar-refractivity contribution in [3.63, 3.8) is 0 Å². The second kappa shape index (κ2) is 3.90. The average molecular weight is 211 g/mol. The zero-order chi connectivity index (χ0) is 11.0. The van der Waals surface area contributed by atoms with E-state index >= 15 is 0 Å². The van der Waals surface area contributed by atoms with Crippen LogP contribution in [-0.2, 0) is 9.59 Å². The Labute approximate surface area is 89.2 Å². The molecule has 15 heavy (non-hydrogen) atoms. The maximum atomic E-state index is 11.7. The predicted molar refractivity (Wildman–Crippen MR) is 54.9 cm³/mol. The molecule has 2 aliphatic heterocycles. The number of imide groups is 1. The Kier molecular flexibility index (Phi) is 2.75. The average Bonchev–Trinajstić information content (AvgIpc) is 2.45. The van der Waals surface area contributed by atoms with Crippen LogP contribution in [0.2, 0.25) is 0 Å². The van der Waals surface area contributed by atoms with Crippen LogP contribution in [0.1, 0.15) is 6.42 Å². The van der Waals surface area contributed by atoms with Gasteiger partial charge in [-0.15, -0.1) is 0 Å². The molecule has 5 nitrogen and oxygen atoms in total. The molecule has 0 unspecified atom stereocenters. The molecule has 2 saturated heterocycles. The van der Waals surface area contributed by atoms with E-state index < -0.39 is 0 Å². The zero-order valence-corrected chi connectivity index (χ0v) is 8.98. The van der Waals surface area contributed by atoms with Crippen molar-refractivity contribution >= 4 is 11.8 Å². The molecular weight excluding hydrogens is 194 g/mol. The molecular formula is C10H17N3O2. The number of piperidine rings is 1. The molecule has 0 radical (unpaired) electrons. The van der Waals surface area contributed by atoms with Crippen molar-refractivity contribution < 1.29 is 9.59 Å². The van der Waals surface area contributed by atoms with Gasteiger partial charge in [0.2, 0.25) is 11.8 Å². The molecule has 0 aromatic rings. The SMILES string of the molecule is CN1C(=O)[C@H]2CCN(CCN)C[C@H]2C1=O. The second-order valence-electron chi connectivity index (χ2n) is 4.33. The zero-order valence-electron chi connectivity index (χ0n) is 8.98. The lowest BCUT2D eigenvalue weighted by molar-refractivity contribution is -0.138. The van der Waals surface area contributed by atoms with E-state index in [4.69, 9.17) is 5.73 Å². The standard InChI is InChI=1S/C10H17N3O2/c1-12-9(14)7-2-4-13(5-3-11)6-8(7)10(12)15/h7-8H,2-6,11H2,1H3/t7-,8+/m0/s1. The molecule has 2 amide bonds. The van der Waals surface area contributed by atoms with Crippen LogP contribution < -0.4 is 5.73 Å². The fraction of sp³-hybridized carbons (Fsp3) is 0.800. The third-order valence-electron chi connectivity index (χ3n) is 3.44.